The van der Waals surface area contributed by atoms with E-state index in [1.807, 2.05) is 61.9 Å². The first-order chi connectivity index (χ1) is 13.5. The summed E-state index contributed by atoms with van der Waals surface area (Å²) >= 11 is 1.44. The van der Waals surface area contributed by atoms with E-state index >= 15 is 0 Å². The standard InChI is InChI=1S/C22H22N4OS/c1-13-9-11-16(12-10-13)21-24-25-22(26(21)4)28-15(3)20(27)19-14(2)23-18-8-6-5-7-17(18)19/h5-12,15,23H,1-4H3. The van der Waals surface area contributed by atoms with E-state index in [-0.39, 0.29) is 11.0 Å². The summed E-state index contributed by atoms with van der Waals surface area (Å²) in [5.74, 6) is 0.894. The fourth-order valence-electron chi connectivity index (χ4n) is 3.38. The summed E-state index contributed by atoms with van der Waals surface area (Å²) in [4.78, 5) is 16.5. The first kappa shape index (κ1) is 18.5. The number of aromatic amines is 1. The maximum absolute atomic E-state index is 13.2. The summed E-state index contributed by atoms with van der Waals surface area (Å²) < 4.78 is 1.95. The summed E-state index contributed by atoms with van der Waals surface area (Å²) in [6, 6.07) is 16.1. The van der Waals surface area contributed by atoms with Gasteiger partial charge in [0.25, 0.3) is 0 Å². The molecule has 28 heavy (non-hydrogen) atoms. The first-order valence-electron chi connectivity index (χ1n) is 9.20. The molecule has 2 aromatic heterocycles. The number of hydrogen-bond acceptors (Lipinski definition) is 4. The Balaban J connectivity index is 1.60. The molecule has 1 atom stereocenters. The number of carbonyl (C=O) groups is 1. The number of fused-ring (bicyclic) bond motifs is 1. The summed E-state index contributed by atoms with van der Waals surface area (Å²) in [6.45, 7) is 5.93. The SMILES string of the molecule is Cc1ccc(-c2nnc(SC(C)C(=O)c3c(C)[nH]c4ccccc34)n2C)cc1. The van der Waals surface area contributed by atoms with Crippen LogP contribution in [0.1, 0.15) is 28.5 Å². The molecule has 6 heteroatoms. The zero-order valence-electron chi connectivity index (χ0n) is 16.4. The Kier molecular flexibility index (Phi) is 4.81. The fourth-order valence-corrected chi connectivity index (χ4v) is 4.25. The highest BCUT2D eigenvalue weighted by atomic mass is 32.2. The lowest BCUT2D eigenvalue weighted by atomic mass is 10.1. The van der Waals surface area contributed by atoms with Gasteiger partial charge >= 0.3 is 0 Å². The van der Waals surface area contributed by atoms with Crippen LogP contribution in [0.5, 0.6) is 0 Å². The number of rotatable bonds is 5. The van der Waals surface area contributed by atoms with Crippen LogP contribution in [0, 0.1) is 13.8 Å². The van der Waals surface area contributed by atoms with Gasteiger partial charge in [-0.05, 0) is 26.8 Å². The van der Waals surface area contributed by atoms with Crippen molar-refractivity contribution in [2.75, 3.05) is 0 Å². The van der Waals surface area contributed by atoms with Gasteiger partial charge in [0, 0.05) is 34.8 Å². The number of hydrogen-bond donors (Lipinski definition) is 1. The molecule has 0 spiro atoms. The molecule has 4 rings (SSSR count). The van der Waals surface area contributed by atoms with Crippen molar-refractivity contribution >= 4 is 28.4 Å². The molecule has 0 bridgehead atoms. The second kappa shape index (κ2) is 7.28. The number of aromatic nitrogens is 4. The molecule has 0 aliphatic carbocycles. The van der Waals surface area contributed by atoms with Gasteiger partial charge in [0.05, 0.1) is 5.25 Å². The Morgan fingerprint density at radius 1 is 1.07 bits per heavy atom. The second-order valence-corrected chi connectivity index (χ2v) is 8.33. The zero-order valence-corrected chi connectivity index (χ0v) is 17.2. The van der Waals surface area contributed by atoms with Gasteiger partial charge in [-0.2, -0.15) is 0 Å². The lowest BCUT2D eigenvalue weighted by Gasteiger charge is -2.10. The molecular formula is C22H22N4OS. The number of benzene rings is 2. The molecule has 142 valence electrons. The fraction of sp³-hybridized carbons (Fsp3) is 0.227. The number of carbonyl (C=O) groups excluding carboxylic acids is 1. The van der Waals surface area contributed by atoms with E-state index in [1.54, 1.807) is 0 Å². The van der Waals surface area contributed by atoms with E-state index in [0.717, 1.165) is 38.7 Å². The molecule has 0 aliphatic heterocycles. The third-order valence-corrected chi connectivity index (χ3v) is 6.07. The van der Waals surface area contributed by atoms with Crippen LogP contribution >= 0.6 is 11.8 Å². The van der Waals surface area contributed by atoms with E-state index in [2.05, 4.69) is 34.2 Å². The monoisotopic (exact) mass is 390 g/mol. The highest BCUT2D eigenvalue weighted by Crippen LogP contribution is 2.30. The predicted octanol–water partition coefficient (Wildman–Crippen LogP) is 4.94. The number of ketones is 1. The summed E-state index contributed by atoms with van der Waals surface area (Å²) in [7, 11) is 1.94. The molecule has 0 aliphatic rings. The third kappa shape index (κ3) is 3.24. The maximum atomic E-state index is 13.2. The highest BCUT2D eigenvalue weighted by molar-refractivity contribution is 8.00. The van der Waals surface area contributed by atoms with E-state index in [1.165, 1.54) is 17.3 Å². The van der Waals surface area contributed by atoms with Crippen LogP contribution in [0.25, 0.3) is 22.3 Å². The van der Waals surface area contributed by atoms with Gasteiger partial charge in [-0.1, -0.05) is 59.8 Å². The molecule has 0 amide bonds. The molecular weight excluding hydrogens is 368 g/mol. The van der Waals surface area contributed by atoms with Gasteiger partial charge in [-0.25, -0.2) is 0 Å². The predicted molar refractivity (Wildman–Crippen MR) is 114 cm³/mol. The van der Waals surface area contributed by atoms with E-state index < -0.39 is 0 Å². The van der Waals surface area contributed by atoms with Crippen LogP contribution in [-0.4, -0.2) is 30.8 Å². The number of aryl methyl sites for hydroxylation is 2. The van der Waals surface area contributed by atoms with Crippen LogP contribution < -0.4 is 0 Å². The smallest absolute Gasteiger partial charge is 0.191 e. The van der Waals surface area contributed by atoms with Crippen molar-refractivity contribution in [3.05, 3.63) is 65.4 Å². The third-order valence-electron chi connectivity index (χ3n) is 4.94. The van der Waals surface area contributed by atoms with Crippen molar-refractivity contribution < 1.29 is 4.79 Å². The molecule has 2 aromatic carbocycles. The van der Waals surface area contributed by atoms with E-state index in [0.29, 0.717) is 0 Å². The van der Waals surface area contributed by atoms with Crippen LogP contribution in [0.2, 0.25) is 0 Å². The zero-order chi connectivity index (χ0) is 19.8. The van der Waals surface area contributed by atoms with Crippen LogP contribution in [0.3, 0.4) is 0 Å². The molecule has 0 saturated carbocycles. The van der Waals surface area contributed by atoms with E-state index in [9.17, 15) is 4.79 Å². The minimum Gasteiger partial charge on any atom is -0.358 e. The molecule has 0 radical (unpaired) electrons. The average Bonchev–Trinajstić information content (AvgIpc) is 3.21. The molecule has 5 nitrogen and oxygen atoms in total. The van der Waals surface area contributed by atoms with Gasteiger partial charge in [-0.3, -0.25) is 4.79 Å². The number of para-hydroxylation sites is 1. The average molecular weight is 391 g/mol. The normalized spacial score (nSPS) is 12.4. The topological polar surface area (TPSA) is 63.6 Å². The minimum atomic E-state index is -0.272. The summed E-state index contributed by atoms with van der Waals surface area (Å²) in [5.41, 5.74) is 4.86. The van der Waals surface area contributed by atoms with Gasteiger partial charge < -0.3 is 9.55 Å². The Labute approximate surface area is 168 Å². The largest absolute Gasteiger partial charge is 0.358 e. The summed E-state index contributed by atoms with van der Waals surface area (Å²) in [6.07, 6.45) is 0. The van der Waals surface area contributed by atoms with Crippen molar-refractivity contribution in [2.24, 2.45) is 7.05 Å². The van der Waals surface area contributed by atoms with Gasteiger partial charge in [0.2, 0.25) is 0 Å². The van der Waals surface area contributed by atoms with Crippen molar-refractivity contribution in [3.8, 4) is 11.4 Å². The van der Waals surface area contributed by atoms with Crippen LogP contribution in [0.4, 0.5) is 0 Å². The Bertz CT molecular complexity index is 1160. The lowest BCUT2D eigenvalue weighted by molar-refractivity contribution is 0.0995. The Morgan fingerprint density at radius 2 is 1.79 bits per heavy atom. The molecule has 0 fully saturated rings. The summed E-state index contributed by atoms with van der Waals surface area (Å²) in [5, 5.41) is 10.1. The van der Waals surface area contributed by atoms with Crippen molar-refractivity contribution in [2.45, 2.75) is 31.2 Å². The second-order valence-electron chi connectivity index (χ2n) is 7.03. The number of Topliss-reactive ketones (excluding diaryl/α,β-unsaturated/α-hetero) is 1. The van der Waals surface area contributed by atoms with Gasteiger partial charge in [-0.15, -0.1) is 10.2 Å². The van der Waals surface area contributed by atoms with Crippen molar-refractivity contribution in [1.29, 1.82) is 0 Å². The molecule has 4 aromatic rings. The molecule has 0 saturated heterocycles. The van der Waals surface area contributed by atoms with E-state index in [4.69, 9.17) is 0 Å². The minimum absolute atomic E-state index is 0.0971. The Morgan fingerprint density at radius 3 is 2.54 bits per heavy atom. The maximum Gasteiger partial charge on any atom is 0.191 e. The van der Waals surface area contributed by atoms with Crippen LogP contribution in [-0.2, 0) is 7.05 Å². The van der Waals surface area contributed by atoms with Crippen LogP contribution in [0.15, 0.2) is 53.7 Å². The molecule has 1 N–H and O–H groups in total. The Hall–Kier alpha value is -2.86. The quantitative estimate of drug-likeness (QED) is 0.387. The van der Waals surface area contributed by atoms with Crippen molar-refractivity contribution in [3.63, 3.8) is 0 Å². The van der Waals surface area contributed by atoms with Crippen molar-refractivity contribution in [1.82, 2.24) is 19.7 Å². The number of thioether (sulfide) groups is 1. The number of nitrogens with one attached hydrogen (secondary N) is 1. The van der Waals surface area contributed by atoms with Gasteiger partial charge in [0.1, 0.15) is 0 Å². The number of nitrogens with zero attached hydrogens (tertiary/aromatic N) is 3. The molecule has 1 unspecified atom stereocenters. The highest BCUT2D eigenvalue weighted by Gasteiger charge is 2.24. The number of H-pyrrole nitrogens is 1. The van der Waals surface area contributed by atoms with Gasteiger partial charge in [0.15, 0.2) is 16.8 Å². The lowest BCUT2D eigenvalue weighted by Crippen LogP contribution is -2.15. The molecule has 2 heterocycles. The first-order valence-corrected chi connectivity index (χ1v) is 10.1.